The molecule has 1 aliphatic heterocycles. The summed E-state index contributed by atoms with van der Waals surface area (Å²) in [5.41, 5.74) is 3.13. The summed E-state index contributed by atoms with van der Waals surface area (Å²) in [4.78, 5) is 2.47. The Bertz CT molecular complexity index is 474. The molecule has 3 nitrogen and oxygen atoms in total. The second-order valence-electron chi connectivity index (χ2n) is 5.63. The SMILES string of the molecule is CCCC1CCCCN1c1ccc(CNC)cc1C#N. The molecule has 1 heterocycles. The second-order valence-corrected chi connectivity index (χ2v) is 5.63. The number of benzene rings is 1. The molecule has 0 aliphatic carbocycles. The van der Waals surface area contributed by atoms with Crippen molar-refractivity contribution in [3.63, 3.8) is 0 Å². The Hall–Kier alpha value is -1.53. The summed E-state index contributed by atoms with van der Waals surface area (Å²) >= 11 is 0. The van der Waals surface area contributed by atoms with Gasteiger partial charge in [0.05, 0.1) is 11.3 Å². The van der Waals surface area contributed by atoms with Crippen LogP contribution in [-0.2, 0) is 6.54 Å². The molecule has 0 amide bonds. The zero-order valence-corrected chi connectivity index (χ0v) is 12.7. The van der Waals surface area contributed by atoms with Crippen molar-refractivity contribution in [2.45, 2.75) is 51.6 Å². The first-order chi connectivity index (χ1) is 9.80. The Morgan fingerprint density at radius 2 is 2.25 bits per heavy atom. The van der Waals surface area contributed by atoms with Crippen molar-refractivity contribution in [1.82, 2.24) is 5.32 Å². The maximum absolute atomic E-state index is 9.46. The second kappa shape index (κ2) is 7.31. The van der Waals surface area contributed by atoms with Gasteiger partial charge in [0.15, 0.2) is 0 Å². The summed E-state index contributed by atoms with van der Waals surface area (Å²) < 4.78 is 0. The van der Waals surface area contributed by atoms with Crippen molar-refractivity contribution >= 4 is 5.69 Å². The van der Waals surface area contributed by atoms with Crippen LogP contribution in [0.5, 0.6) is 0 Å². The molecule has 1 N–H and O–H groups in total. The largest absolute Gasteiger partial charge is 0.367 e. The summed E-state index contributed by atoms with van der Waals surface area (Å²) in [6.45, 7) is 4.14. The van der Waals surface area contributed by atoms with Crippen LogP contribution >= 0.6 is 0 Å². The molecule has 1 aliphatic rings. The van der Waals surface area contributed by atoms with Gasteiger partial charge < -0.3 is 10.2 Å². The van der Waals surface area contributed by atoms with Crippen LogP contribution in [0.4, 0.5) is 5.69 Å². The van der Waals surface area contributed by atoms with Crippen LogP contribution < -0.4 is 10.2 Å². The van der Waals surface area contributed by atoms with Crippen LogP contribution in [-0.4, -0.2) is 19.6 Å². The first-order valence-electron chi connectivity index (χ1n) is 7.74. The highest BCUT2D eigenvalue weighted by atomic mass is 15.2. The maximum atomic E-state index is 9.46. The number of rotatable bonds is 5. The first kappa shape index (κ1) is 14.9. The van der Waals surface area contributed by atoms with E-state index in [2.05, 4.69) is 35.3 Å². The van der Waals surface area contributed by atoms with E-state index in [1.165, 1.54) is 37.7 Å². The predicted octanol–water partition coefficient (Wildman–Crippen LogP) is 3.44. The van der Waals surface area contributed by atoms with Gasteiger partial charge in [-0.05, 0) is 50.4 Å². The molecule has 1 unspecified atom stereocenters. The topological polar surface area (TPSA) is 39.1 Å². The summed E-state index contributed by atoms with van der Waals surface area (Å²) in [6.07, 6.45) is 6.26. The number of anilines is 1. The van der Waals surface area contributed by atoms with Crippen LogP contribution in [0, 0.1) is 11.3 Å². The normalized spacial score (nSPS) is 18.9. The van der Waals surface area contributed by atoms with Gasteiger partial charge in [0, 0.05) is 19.1 Å². The fourth-order valence-corrected chi connectivity index (χ4v) is 3.19. The van der Waals surface area contributed by atoms with Crippen LogP contribution in [0.1, 0.15) is 50.2 Å². The van der Waals surface area contributed by atoms with E-state index in [0.29, 0.717) is 6.04 Å². The van der Waals surface area contributed by atoms with Crippen LogP contribution in [0.25, 0.3) is 0 Å². The zero-order valence-electron chi connectivity index (χ0n) is 12.7. The monoisotopic (exact) mass is 271 g/mol. The molecule has 1 fully saturated rings. The third kappa shape index (κ3) is 3.32. The van der Waals surface area contributed by atoms with E-state index >= 15 is 0 Å². The maximum Gasteiger partial charge on any atom is 0.101 e. The number of nitrogens with one attached hydrogen (secondary N) is 1. The molecular weight excluding hydrogens is 246 g/mol. The van der Waals surface area contributed by atoms with E-state index in [1.807, 2.05) is 13.1 Å². The fraction of sp³-hybridized carbons (Fsp3) is 0.588. The third-order valence-corrected chi connectivity index (χ3v) is 4.12. The molecule has 1 aromatic carbocycles. The van der Waals surface area contributed by atoms with E-state index in [9.17, 15) is 5.26 Å². The molecule has 1 aromatic rings. The molecule has 0 bridgehead atoms. The number of hydrogen-bond donors (Lipinski definition) is 1. The quantitative estimate of drug-likeness (QED) is 0.891. The van der Waals surface area contributed by atoms with Crippen molar-refractivity contribution in [2.24, 2.45) is 0 Å². The minimum Gasteiger partial charge on any atom is -0.367 e. The highest BCUT2D eigenvalue weighted by Gasteiger charge is 2.23. The predicted molar refractivity (Wildman–Crippen MR) is 83.8 cm³/mol. The van der Waals surface area contributed by atoms with Gasteiger partial charge in [0.2, 0.25) is 0 Å². The summed E-state index contributed by atoms with van der Waals surface area (Å²) in [7, 11) is 1.93. The van der Waals surface area contributed by atoms with Gasteiger partial charge >= 0.3 is 0 Å². The van der Waals surface area contributed by atoms with Gasteiger partial charge in [-0.2, -0.15) is 5.26 Å². The lowest BCUT2D eigenvalue weighted by Crippen LogP contribution is -2.39. The van der Waals surface area contributed by atoms with Gasteiger partial charge in [-0.3, -0.25) is 0 Å². The molecule has 2 rings (SSSR count). The molecule has 0 radical (unpaired) electrons. The summed E-state index contributed by atoms with van der Waals surface area (Å²) in [5, 5.41) is 12.6. The molecule has 108 valence electrons. The molecule has 3 heteroatoms. The van der Waals surface area contributed by atoms with Gasteiger partial charge in [-0.1, -0.05) is 19.4 Å². The van der Waals surface area contributed by atoms with Crippen molar-refractivity contribution in [2.75, 3.05) is 18.5 Å². The average molecular weight is 271 g/mol. The number of nitrogens with zero attached hydrogens (tertiary/aromatic N) is 2. The van der Waals surface area contributed by atoms with E-state index in [4.69, 9.17) is 0 Å². The Labute approximate surface area is 122 Å². The van der Waals surface area contributed by atoms with Gasteiger partial charge in [0.25, 0.3) is 0 Å². The van der Waals surface area contributed by atoms with Crippen molar-refractivity contribution in [3.8, 4) is 6.07 Å². The Morgan fingerprint density at radius 3 is 2.95 bits per heavy atom. The molecule has 0 aromatic heterocycles. The highest BCUT2D eigenvalue weighted by molar-refractivity contribution is 5.61. The van der Waals surface area contributed by atoms with Crippen LogP contribution in [0.3, 0.4) is 0 Å². The van der Waals surface area contributed by atoms with E-state index in [1.54, 1.807) is 0 Å². The lowest BCUT2D eigenvalue weighted by molar-refractivity contribution is 0.434. The van der Waals surface area contributed by atoms with E-state index < -0.39 is 0 Å². The Balaban J connectivity index is 2.27. The highest BCUT2D eigenvalue weighted by Crippen LogP contribution is 2.30. The molecule has 1 atom stereocenters. The molecule has 0 spiro atoms. The molecule has 0 saturated carbocycles. The van der Waals surface area contributed by atoms with E-state index in [0.717, 1.165) is 24.3 Å². The lowest BCUT2D eigenvalue weighted by atomic mass is 9.96. The van der Waals surface area contributed by atoms with Crippen molar-refractivity contribution in [3.05, 3.63) is 29.3 Å². The minimum atomic E-state index is 0.607. The van der Waals surface area contributed by atoms with Crippen LogP contribution in [0.15, 0.2) is 18.2 Å². The third-order valence-electron chi connectivity index (χ3n) is 4.12. The summed E-state index contributed by atoms with van der Waals surface area (Å²) in [6, 6.07) is 9.30. The standard InChI is InChI=1S/C17H25N3/c1-3-6-16-7-4-5-10-20(16)17-9-8-14(13-19-2)11-15(17)12-18/h8-9,11,16,19H,3-7,10,13H2,1-2H3. The lowest BCUT2D eigenvalue weighted by Gasteiger charge is -2.38. The van der Waals surface area contributed by atoms with Gasteiger partial charge in [-0.25, -0.2) is 0 Å². The Kier molecular flexibility index (Phi) is 5.43. The molecule has 1 saturated heterocycles. The molecule has 20 heavy (non-hydrogen) atoms. The van der Waals surface area contributed by atoms with Crippen molar-refractivity contribution in [1.29, 1.82) is 5.26 Å². The number of nitriles is 1. The number of piperidine rings is 1. The number of hydrogen-bond acceptors (Lipinski definition) is 3. The first-order valence-corrected chi connectivity index (χ1v) is 7.74. The average Bonchev–Trinajstić information content (AvgIpc) is 2.48. The smallest absolute Gasteiger partial charge is 0.101 e. The fourth-order valence-electron chi connectivity index (χ4n) is 3.19. The van der Waals surface area contributed by atoms with Gasteiger partial charge in [0.1, 0.15) is 6.07 Å². The van der Waals surface area contributed by atoms with E-state index in [-0.39, 0.29) is 0 Å². The van der Waals surface area contributed by atoms with Crippen molar-refractivity contribution < 1.29 is 0 Å². The van der Waals surface area contributed by atoms with Crippen LogP contribution in [0.2, 0.25) is 0 Å². The zero-order chi connectivity index (χ0) is 14.4. The Morgan fingerprint density at radius 1 is 1.40 bits per heavy atom. The summed E-state index contributed by atoms with van der Waals surface area (Å²) in [5.74, 6) is 0. The minimum absolute atomic E-state index is 0.607. The molecular formula is C17H25N3. The van der Waals surface area contributed by atoms with Gasteiger partial charge in [-0.15, -0.1) is 0 Å².